The predicted octanol–water partition coefficient (Wildman–Crippen LogP) is 2.42. The van der Waals surface area contributed by atoms with Crippen LogP contribution in [0.3, 0.4) is 0 Å². The molecule has 0 amide bonds. The molecule has 3 nitrogen and oxygen atoms in total. The van der Waals surface area contributed by atoms with E-state index in [-0.39, 0.29) is 0 Å². The van der Waals surface area contributed by atoms with E-state index >= 15 is 0 Å². The average Bonchev–Trinajstić information content (AvgIpc) is 2.45. The van der Waals surface area contributed by atoms with Crippen molar-refractivity contribution in [3.63, 3.8) is 0 Å². The Hall–Kier alpha value is -1.06. The van der Waals surface area contributed by atoms with Crippen molar-refractivity contribution in [3.8, 4) is 0 Å². The first-order valence-electron chi connectivity index (χ1n) is 4.81. The van der Waals surface area contributed by atoms with Crippen LogP contribution in [0, 0.1) is 0 Å². The van der Waals surface area contributed by atoms with E-state index in [2.05, 4.69) is 4.98 Å². The first-order valence-corrected chi connectivity index (χ1v) is 5.19. The molecule has 0 unspecified atom stereocenters. The number of halogens is 1. The molecule has 0 atom stereocenters. The molecule has 1 heterocycles. The Morgan fingerprint density at radius 1 is 1.40 bits per heavy atom. The monoisotopic (exact) mass is 223 g/mol. The van der Waals surface area contributed by atoms with Crippen molar-refractivity contribution in [1.29, 1.82) is 0 Å². The van der Waals surface area contributed by atoms with E-state index in [1.165, 1.54) is 0 Å². The summed E-state index contributed by atoms with van der Waals surface area (Å²) >= 11 is 6.08. The second kappa shape index (κ2) is 3.22. The zero-order valence-electron chi connectivity index (χ0n) is 9.08. The van der Waals surface area contributed by atoms with Crippen LogP contribution in [-0.2, 0) is 12.6 Å². The summed E-state index contributed by atoms with van der Waals surface area (Å²) in [7, 11) is 1.95. The van der Waals surface area contributed by atoms with Crippen molar-refractivity contribution in [2.45, 2.75) is 19.4 Å². The summed E-state index contributed by atoms with van der Waals surface area (Å²) in [6.07, 6.45) is 0. The quantitative estimate of drug-likeness (QED) is 0.807. The lowest BCUT2D eigenvalue weighted by Crippen LogP contribution is -2.32. The number of hydrogen-bond acceptors (Lipinski definition) is 2. The fourth-order valence-electron chi connectivity index (χ4n) is 1.76. The SMILES string of the molecule is Cn1c(C(C)(C)N)nc2c(Cl)cccc21. The summed E-state index contributed by atoms with van der Waals surface area (Å²) in [5.41, 5.74) is 7.41. The minimum Gasteiger partial charge on any atom is -0.330 e. The number of benzene rings is 1. The summed E-state index contributed by atoms with van der Waals surface area (Å²) in [5.74, 6) is 0.839. The van der Waals surface area contributed by atoms with Crippen molar-refractivity contribution in [2.75, 3.05) is 0 Å². The van der Waals surface area contributed by atoms with Crippen molar-refractivity contribution in [2.24, 2.45) is 12.8 Å². The maximum atomic E-state index is 6.08. The van der Waals surface area contributed by atoms with E-state index in [0.717, 1.165) is 16.9 Å². The first-order chi connectivity index (χ1) is 6.91. The highest BCUT2D eigenvalue weighted by molar-refractivity contribution is 6.34. The summed E-state index contributed by atoms with van der Waals surface area (Å²) in [6.45, 7) is 3.87. The molecular weight excluding hydrogens is 210 g/mol. The fraction of sp³-hybridized carbons (Fsp3) is 0.364. The molecule has 15 heavy (non-hydrogen) atoms. The van der Waals surface area contributed by atoms with Crippen LogP contribution < -0.4 is 5.73 Å². The van der Waals surface area contributed by atoms with Gasteiger partial charge in [-0.15, -0.1) is 0 Å². The Morgan fingerprint density at radius 2 is 2.07 bits per heavy atom. The number of imidazole rings is 1. The molecule has 0 saturated heterocycles. The number of nitrogens with two attached hydrogens (primary N) is 1. The van der Waals surface area contributed by atoms with Gasteiger partial charge in [-0.1, -0.05) is 17.7 Å². The third-order valence-electron chi connectivity index (χ3n) is 2.44. The van der Waals surface area contributed by atoms with Crippen LogP contribution in [0.25, 0.3) is 11.0 Å². The second-order valence-electron chi connectivity index (χ2n) is 4.32. The molecule has 0 radical (unpaired) electrons. The molecule has 1 aromatic carbocycles. The highest BCUT2D eigenvalue weighted by Gasteiger charge is 2.22. The lowest BCUT2D eigenvalue weighted by molar-refractivity contribution is 0.498. The molecule has 0 fully saturated rings. The maximum absolute atomic E-state index is 6.08. The van der Waals surface area contributed by atoms with E-state index in [9.17, 15) is 0 Å². The van der Waals surface area contributed by atoms with Gasteiger partial charge >= 0.3 is 0 Å². The fourth-order valence-corrected chi connectivity index (χ4v) is 1.97. The Balaban J connectivity index is 2.81. The van der Waals surface area contributed by atoms with Crippen LogP contribution >= 0.6 is 11.6 Å². The normalized spacial score (nSPS) is 12.3. The molecule has 80 valence electrons. The van der Waals surface area contributed by atoms with Gasteiger partial charge in [0.15, 0.2) is 0 Å². The van der Waals surface area contributed by atoms with E-state index in [0.29, 0.717) is 5.02 Å². The zero-order valence-corrected chi connectivity index (χ0v) is 9.84. The Bertz CT molecular complexity index is 508. The van der Waals surface area contributed by atoms with Crippen molar-refractivity contribution >= 4 is 22.6 Å². The molecule has 4 heteroatoms. The minimum absolute atomic E-state index is 0.461. The van der Waals surface area contributed by atoms with Gasteiger partial charge in [-0.2, -0.15) is 0 Å². The van der Waals surface area contributed by atoms with Crippen LogP contribution in [0.15, 0.2) is 18.2 Å². The van der Waals surface area contributed by atoms with Crippen LogP contribution in [0.5, 0.6) is 0 Å². The van der Waals surface area contributed by atoms with Gasteiger partial charge in [0.05, 0.1) is 16.1 Å². The number of aryl methyl sites for hydroxylation is 1. The largest absolute Gasteiger partial charge is 0.330 e. The molecular formula is C11H14ClN3. The van der Waals surface area contributed by atoms with Gasteiger partial charge in [0.25, 0.3) is 0 Å². The molecule has 2 N–H and O–H groups in total. The van der Waals surface area contributed by atoms with Crippen molar-refractivity contribution in [3.05, 3.63) is 29.0 Å². The summed E-state index contributed by atoms with van der Waals surface area (Å²) in [5, 5.41) is 0.665. The number of hydrogen-bond donors (Lipinski definition) is 1. The second-order valence-corrected chi connectivity index (χ2v) is 4.73. The Kier molecular flexibility index (Phi) is 2.24. The highest BCUT2D eigenvalue weighted by atomic mass is 35.5. The molecule has 2 rings (SSSR count). The predicted molar refractivity (Wildman–Crippen MR) is 62.9 cm³/mol. The van der Waals surface area contributed by atoms with Gasteiger partial charge in [-0.25, -0.2) is 4.98 Å². The molecule has 2 aromatic rings. The van der Waals surface area contributed by atoms with Crippen LogP contribution in [0.2, 0.25) is 5.02 Å². The molecule has 0 bridgehead atoms. The molecule has 1 aromatic heterocycles. The maximum Gasteiger partial charge on any atom is 0.129 e. The number of nitrogens with zero attached hydrogens (tertiary/aromatic N) is 2. The van der Waals surface area contributed by atoms with Crippen molar-refractivity contribution < 1.29 is 0 Å². The summed E-state index contributed by atoms with van der Waals surface area (Å²) < 4.78 is 1.99. The molecule has 0 aliphatic rings. The summed E-state index contributed by atoms with van der Waals surface area (Å²) in [4.78, 5) is 4.49. The van der Waals surface area contributed by atoms with Crippen LogP contribution in [-0.4, -0.2) is 9.55 Å². The number of fused-ring (bicyclic) bond motifs is 1. The lowest BCUT2D eigenvalue weighted by Gasteiger charge is -2.17. The van der Waals surface area contributed by atoms with E-state index in [4.69, 9.17) is 17.3 Å². The van der Waals surface area contributed by atoms with E-state index in [1.54, 1.807) is 0 Å². The number of para-hydroxylation sites is 1. The third-order valence-corrected chi connectivity index (χ3v) is 2.74. The number of rotatable bonds is 1. The van der Waals surface area contributed by atoms with Crippen LogP contribution in [0.1, 0.15) is 19.7 Å². The lowest BCUT2D eigenvalue weighted by atomic mass is 10.1. The van der Waals surface area contributed by atoms with Crippen molar-refractivity contribution in [1.82, 2.24) is 9.55 Å². The van der Waals surface area contributed by atoms with Gasteiger partial charge in [0, 0.05) is 7.05 Å². The number of aromatic nitrogens is 2. The topological polar surface area (TPSA) is 43.8 Å². The highest BCUT2D eigenvalue weighted by Crippen LogP contribution is 2.26. The average molecular weight is 224 g/mol. The Labute approximate surface area is 93.9 Å². The smallest absolute Gasteiger partial charge is 0.129 e. The Morgan fingerprint density at radius 3 is 2.60 bits per heavy atom. The van der Waals surface area contributed by atoms with Gasteiger partial charge < -0.3 is 10.3 Å². The minimum atomic E-state index is -0.461. The third kappa shape index (κ3) is 1.62. The van der Waals surface area contributed by atoms with E-state index in [1.807, 2.05) is 43.7 Å². The van der Waals surface area contributed by atoms with Gasteiger partial charge in [-0.3, -0.25) is 0 Å². The summed E-state index contributed by atoms with van der Waals surface area (Å²) in [6, 6.07) is 5.74. The van der Waals surface area contributed by atoms with Gasteiger partial charge in [0.2, 0.25) is 0 Å². The van der Waals surface area contributed by atoms with E-state index < -0.39 is 5.54 Å². The standard InChI is InChI=1S/C11H14ClN3/c1-11(2,13)10-14-9-7(12)5-4-6-8(9)15(10)3/h4-6H,13H2,1-3H3. The van der Waals surface area contributed by atoms with Gasteiger partial charge in [-0.05, 0) is 26.0 Å². The first kappa shape index (κ1) is 10.5. The molecule has 0 aliphatic heterocycles. The zero-order chi connectivity index (χ0) is 11.2. The van der Waals surface area contributed by atoms with Gasteiger partial charge in [0.1, 0.15) is 11.3 Å². The molecule has 0 saturated carbocycles. The molecule has 0 aliphatic carbocycles. The van der Waals surface area contributed by atoms with Crippen LogP contribution in [0.4, 0.5) is 0 Å². The molecule has 0 spiro atoms.